The van der Waals surface area contributed by atoms with Crippen molar-refractivity contribution in [3.05, 3.63) is 28.5 Å². The third-order valence-electron chi connectivity index (χ3n) is 3.13. The minimum Gasteiger partial charge on any atom is -0.444 e. The maximum atomic E-state index is 12.0. The molecule has 0 spiro atoms. The van der Waals surface area contributed by atoms with Gasteiger partial charge in [0.15, 0.2) is 0 Å². The summed E-state index contributed by atoms with van der Waals surface area (Å²) >= 11 is 3.38. The van der Waals surface area contributed by atoms with E-state index in [-0.39, 0.29) is 18.6 Å². The maximum absolute atomic E-state index is 12.0. The molecular formula is C14H19BrN2O3. The molecule has 20 heavy (non-hydrogen) atoms. The Balaban J connectivity index is 2.10. The lowest BCUT2D eigenvalue weighted by Gasteiger charge is -2.24. The number of amides is 1. The molecule has 5 nitrogen and oxygen atoms in total. The van der Waals surface area contributed by atoms with Crippen LogP contribution >= 0.6 is 15.9 Å². The second kappa shape index (κ2) is 5.69. The number of aliphatic hydroxyl groups excluding tert-OH is 1. The number of aromatic nitrogens is 1. The third-order valence-corrected chi connectivity index (χ3v) is 3.79. The predicted molar refractivity (Wildman–Crippen MR) is 78.5 cm³/mol. The Bertz CT molecular complexity index is 501. The number of halogens is 1. The van der Waals surface area contributed by atoms with E-state index in [0.717, 1.165) is 5.56 Å². The molecule has 0 bridgehead atoms. The summed E-state index contributed by atoms with van der Waals surface area (Å²) in [4.78, 5) is 17.7. The lowest BCUT2D eigenvalue weighted by Crippen LogP contribution is -2.35. The van der Waals surface area contributed by atoms with Crippen LogP contribution < -0.4 is 0 Å². The summed E-state index contributed by atoms with van der Waals surface area (Å²) in [6.07, 6.45) is 0.683. The van der Waals surface area contributed by atoms with Crippen LogP contribution in [0.2, 0.25) is 0 Å². The van der Waals surface area contributed by atoms with Gasteiger partial charge in [0.05, 0.1) is 12.6 Å². The van der Waals surface area contributed by atoms with Gasteiger partial charge in [-0.05, 0) is 48.3 Å². The zero-order valence-corrected chi connectivity index (χ0v) is 13.4. The molecule has 0 saturated carbocycles. The number of aliphatic hydroxyl groups is 1. The highest BCUT2D eigenvalue weighted by Gasteiger charge is 2.37. The van der Waals surface area contributed by atoms with Crippen molar-refractivity contribution >= 4 is 22.0 Å². The van der Waals surface area contributed by atoms with Crippen molar-refractivity contribution in [3.63, 3.8) is 0 Å². The number of ether oxygens (including phenoxy) is 1. The fourth-order valence-electron chi connectivity index (χ4n) is 2.24. The molecule has 0 aliphatic carbocycles. The van der Waals surface area contributed by atoms with Crippen LogP contribution in [0.4, 0.5) is 4.79 Å². The molecule has 1 aliphatic rings. The fourth-order valence-corrected chi connectivity index (χ4v) is 2.79. The van der Waals surface area contributed by atoms with Gasteiger partial charge in [-0.25, -0.2) is 9.78 Å². The number of carbonyl (C=O) groups excluding carboxylic acids is 1. The second-order valence-corrected chi connectivity index (χ2v) is 6.69. The van der Waals surface area contributed by atoms with E-state index in [1.54, 1.807) is 11.1 Å². The van der Waals surface area contributed by atoms with Gasteiger partial charge in [0.2, 0.25) is 0 Å². The molecule has 1 aliphatic heterocycles. The molecule has 0 aromatic carbocycles. The predicted octanol–water partition coefficient (Wildman–Crippen LogP) is 2.54. The van der Waals surface area contributed by atoms with Crippen LogP contribution in [-0.4, -0.2) is 45.9 Å². The Labute approximate surface area is 127 Å². The molecule has 6 heteroatoms. The Morgan fingerprint density at radius 2 is 2.20 bits per heavy atom. The van der Waals surface area contributed by atoms with Crippen LogP contribution in [0.3, 0.4) is 0 Å². The molecule has 1 N–H and O–H groups in total. The summed E-state index contributed by atoms with van der Waals surface area (Å²) in [6, 6.07) is 3.73. The molecule has 1 amide bonds. The number of hydrogen-bond acceptors (Lipinski definition) is 4. The molecule has 110 valence electrons. The molecule has 1 aromatic heterocycles. The Morgan fingerprint density at radius 3 is 2.80 bits per heavy atom. The number of β-amino-alcohol motifs (C(OH)–C–C–N with tert-alkyl or cyclic N) is 1. The van der Waals surface area contributed by atoms with Crippen molar-refractivity contribution in [1.82, 2.24) is 9.88 Å². The first kappa shape index (κ1) is 15.3. The van der Waals surface area contributed by atoms with E-state index >= 15 is 0 Å². The standard InChI is InChI=1S/C14H19BrN2O3/c1-14(2,3)20-13(19)17-7-10(11(18)8-17)9-5-4-6-16-12(9)15/h4-6,10-11,18H,7-8H2,1-3H3/t10-,11+/m1/s1. The first-order valence-corrected chi connectivity index (χ1v) is 7.33. The quantitative estimate of drug-likeness (QED) is 0.796. The van der Waals surface area contributed by atoms with Gasteiger partial charge in [-0.2, -0.15) is 0 Å². The van der Waals surface area contributed by atoms with Crippen molar-refractivity contribution in [1.29, 1.82) is 0 Å². The highest BCUT2D eigenvalue weighted by Crippen LogP contribution is 2.32. The summed E-state index contributed by atoms with van der Waals surface area (Å²) in [5, 5.41) is 10.2. The number of nitrogens with zero attached hydrogens (tertiary/aromatic N) is 2. The molecular weight excluding hydrogens is 324 g/mol. The van der Waals surface area contributed by atoms with Gasteiger partial charge in [-0.15, -0.1) is 0 Å². The SMILES string of the molecule is CC(C)(C)OC(=O)N1C[C@H](c2cccnc2Br)[C@@H](O)C1. The molecule has 1 aromatic rings. The Kier molecular flexibility index (Phi) is 4.34. The molecule has 1 saturated heterocycles. The van der Waals surface area contributed by atoms with E-state index in [0.29, 0.717) is 11.1 Å². The zero-order chi connectivity index (χ0) is 14.9. The van der Waals surface area contributed by atoms with Crippen molar-refractivity contribution < 1.29 is 14.6 Å². The summed E-state index contributed by atoms with van der Waals surface area (Å²) in [6.45, 7) is 6.19. The van der Waals surface area contributed by atoms with Gasteiger partial charge in [-0.3, -0.25) is 0 Å². The monoisotopic (exact) mass is 342 g/mol. The smallest absolute Gasteiger partial charge is 0.410 e. The Morgan fingerprint density at radius 1 is 1.50 bits per heavy atom. The van der Waals surface area contributed by atoms with Crippen LogP contribution in [0, 0.1) is 0 Å². The molecule has 2 atom stereocenters. The first-order valence-electron chi connectivity index (χ1n) is 6.54. The van der Waals surface area contributed by atoms with Crippen LogP contribution in [-0.2, 0) is 4.74 Å². The van der Waals surface area contributed by atoms with Crippen molar-refractivity contribution in [3.8, 4) is 0 Å². The van der Waals surface area contributed by atoms with Crippen molar-refractivity contribution in [2.24, 2.45) is 0 Å². The normalized spacial score (nSPS) is 22.9. The summed E-state index contributed by atoms with van der Waals surface area (Å²) in [5.41, 5.74) is 0.376. The molecule has 2 rings (SSSR count). The van der Waals surface area contributed by atoms with E-state index in [9.17, 15) is 9.90 Å². The highest BCUT2D eigenvalue weighted by molar-refractivity contribution is 9.10. The number of hydrogen-bond donors (Lipinski definition) is 1. The average Bonchev–Trinajstić information content (AvgIpc) is 2.70. The lowest BCUT2D eigenvalue weighted by atomic mass is 9.98. The van der Waals surface area contributed by atoms with E-state index in [4.69, 9.17) is 4.74 Å². The van der Waals surface area contributed by atoms with E-state index in [1.807, 2.05) is 32.9 Å². The Hall–Kier alpha value is -1.14. The molecule has 1 fully saturated rings. The minimum atomic E-state index is -0.608. The lowest BCUT2D eigenvalue weighted by molar-refractivity contribution is 0.0270. The number of rotatable bonds is 1. The number of pyridine rings is 1. The van der Waals surface area contributed by atoms with Crippen molar-refractivity contribution in [2.45, 2.75) is 38.4 Å². The van der Waals surface area contributed by atoms with Gasteiger partial charge in [0.1, 0.15) is 10.2 Å². The largest absolute Gasteiger partial charge is 0.444 e. The van der Waals surface area contributed by atoms with Gasteiger partial charge in [0.25, 0.3) is 0 Å². The topological polar surface area (TPSA) is 62.7 Å². The first-order chi connectivity index (χ1) is 9.28. The van der Waals surface area contributed by atoms with Crippen molar-refractivity contribution in [2.75, 3.05) is 13.1 Å². The van der Waals surface area contributed by atoms with Gasteiger partial charge < -0.3 is 14.7 Å². The van der Waals surface area contributed by atoms with Gasteiger partial charge in [-0.1, -0.05) is 6.07 Å². The van der Waals surface area contributed by atoms with Crippen LogP contribution in [0.1, 0.15) is 32.3 Å². The van der Waals surface area contributed by atoms with Gasteiger partial charge in [0, 0.05) is 18.7 Å². The number of carbonyl (C=O) groups is 1. The van der Waals surface area contributed by atoms with Crippen LogP contribution in [0.25, 0.3) is 0 Å². The molecule has 0 radical (unpaired) electrons. The average molecular weight is 343 g/mol. The highest BCUT2D eigenvalue weighted by atomic mass is 79.9. The zero-order valence-electron chi connectivity index (χ0n) is 11.8. The second-order valence-electron chi connectivity index (χ2n) is 5.94. The van der Waals surface area contributed by atoms with E-state index in [1.165, 1.54) is 0 Å². The fraction of sp³-hybridized carbons (Fsp3) is 0.571. The molecule has 2 heterocycles. The molecule has 0 unspecified atom stereocenters. The summed E-state index contributed by atoms with van der Waals surface area (Å²) in [7, 11) is 0. The summed E-state index contributed by atoms with van der Waals surface area (Å²) in [5.74, 6) is -0.148. The minimum absolute atomic E-state index is 0.148. The van der Waals surface area contributed by atoms with Crippen LogP contribution in [0.15, 0.2) is 22.9 Å². The van der Waals surface area contributed by atoms with Gasteiger partial charge >= 0.3 is 6.09 Å². The number of likely N-dealkylation sites (tertiary alicyclic amines) is 1. The van der Waals surface area contributed by atoms with Crippen LogP contribution in [0.5, 0.6) is 0 Å². The third kappa shape index (κ3) is 3.49. The van der Waals surface area contributed by atoms with E-state index < -0.39 is 11.7 Å². The van der Waals surface area contributed by atoms with E-state index in [2.05, 4.69) is 20.9 Å². The summed E-state index contributed by atoms with van der Waals surface area (Å²) < 4.78 is 6.04. The maximum Gasteiger partial charge on any atom is 0.410 e.